The summed E-state index contributed by atoms with van der Waals surface area (Å²) in [4.78, 5) is 23.2. The molecule has 0 aliphatic carbocycles. The van der Waals surface area contributed by atoms with Gasteiger partial charge in [0.2, 0.25) is 5.91 Å². The van der Waals surface area contributed by atoms with E-state index in [1.807, 2.05) is 13.8 Å². The minimum atomic E-state index is -0.0704. The van der Waals surface area contributed by atoms with Crippen LogP contribution in [-0.4, -0.2) is 30.2 Å². The number of nitrogens with zero attached hydrogens (tertiary/aromatic N) is 1. The summed E-state index contributed by atoms with van der Waals surface area (Å²) in [7, 11) is 1.63. The standard InChI is InChI=1S/C8H15NO2/c1-6(2)8(11)5-9(4)7(3)10/h6H,5H2,1-4H3. The minimum absolute atomic E-state index is 0.0109. The van der Waals surface area contributed by atoms with E-state index in [-0.39, 0.29) is 24.2 Å². The maximum atomic E-state index is 11.1. The molecule has 0 rings (SSSR count). The molecule has 0 spiro atoms. The number of carbonyl (C=O) groups is 2. The van der Waals surface area contributed by atoms with Crippen LogP contribution in [0.5, 0.6) is 0 Å². The van der Waals surface area contributed by atoms with Gasteiger partial charge in [0.15, 0.2) is 5.78 Å². The number of carbonyl (C=O) groups excluding carboxylic acids is 2. The fourth-order valence-electron chi connectivity index (χ4n) is 0.528. The topological polar surface area (TPSA) is 37.4 Å². The van der Waals surface area contributed by atoms with Crippen LogP contribution in [0.3, 0.4) is 0 Å². The smallest absolute Gasteiger partial charge is 0.219 e. The van der Waals surface area contributed by atoms with Gasteiger partial charge in [-0.2, -0.15) is 0 Å². The third-order valence-corrected chi connectivity index (χ3v) is 1.57. The van der Waals surface area contributed by atoms with E-state index >= 15 is 0 Å². The zero-order chi connectivity index (χ0) is 9.02. The van der Waals surface area contributed by atoms with Crippen LogP contribution in [0.1, 0.15) is 20.8 Å². The summed E-state index contributed by atoms with van der Waals surface area (Å²) in [6.45, 7) is 5.34. The van der Waals surface area contributed by atoms with Gasteiger partial charge in [0.1, 0.15) is 0 Å². The largest absolute Gasteiger partial charge is 0.339 e. The first-order valence-electron chi connectivity index (χ1n) is 3.69. The Balaban J connectivity index is 3.85. The van der Waals surface area contributed by atoms with E-state index in [2.05, 4.69) is 0 Å². The first kappa shape index (κ1) is 10.1. The van der Waals surface area contributed by atoms with Crippen molar-refractivity contribution in [3.63, 3.8) is 0 Å². The second-order valence-electron chi connectivity index (χ2n) is 3.00. The predicted octanol–water partition coefficient (Wildman–Crippen LogP) is 0.690. The fraction of sp³-hybridized carbons (Fsp3) is 0.750. The number of likely N-dealkylation sites (N-methyl/N-ethyl adjacent to an activating group) is 1. The lowest BCUT2D eigenvalue weighted by molar-refractivity contribution is -0.133. The molecule has 0 aromatic rings. The Labute approximate surface area is 67.4 Å². The molecule has 64 valence electrons. The maximum Gasteiger partial charge on any atom is 0.219 e. The highest BCUT2D eigenvalue weighted by molar-refractivity contribution is 5.86. The highest BCUT2D eigenvalue weighted by Crippen LogP contribution is 1.95. The summed E-state index contributed by atoms with van der Waals surface area (Å²) in [5, 5.41) is 0. The molecule has 0 atom stereocenters. The molecule has 0 saturated heterocycles. The van der Waals surface area contributed by atoms with Gasteiger partial charge in [0, 0.05) is 19.9 Å². The molecule has 11 heavy (non-hydrogen) atoms. The number of rotatable bonds is 3. The zero-order valence-corrected chi connectivity index (χ0v) is 7.55. The lowest BCUT2D eigenvalue weighted by Crippen LogP contribution is -2.31. The summed E-state index contributed by atoms with van der Waals surface area (Å²) < 4.78 is 0. The minimum Gasteiger partial charge on any atom is -0.339 e. The Morgan fingerprint density at radius 3 is 2.09 bits per heavy atom. The first-order valence-corrected chi connectivity index (χ1v) is 3.69. The first-order chi connectivity index (χ1) is 4.95. The normalized spacial score (nSPS) is 9.91. The summed E-state index contributed by atoms with van der Waals surface area (Å²) >= 11 is 0. The van der Waals surface area contributed by atoms with Crippen molar-refractivity contribution in [3.8, 4) is 0 Å². The highest BCUT2D eigenvalue weighted by atomic mass is 16.2. The molecular formula is C8H15NO2. The van der Waals surface area contributed by atoms with Crippen LogP contribution in [-0.2, 0) is 9.59 Å². The van der Waals surface area contributed by atoms with E-state index in [1.165, 1.54) is 11.8 Å². The van der Waals surface area contributed by atoms with E-state index < -0.39 is 0 Å². The molecule has 0 unspecified atom stereocenters. The molecule has 3 heteroatoms. The predicted molar refractivity (Wildman–Crippen MR) is 43.2 cm³/mol. The van der Waals surface area contributed by atoms with Crippen molar-refractivity contribution in [1.82, 2.24) is 4.90 Å². The summed E-state index contributed by atoms with van der Waals surface area (Å²) in [5.41, 5.74) is 0. The quantitative estimate of drug-likeness (QED) is 0.604. The van der Waals surface area contributed by atoms with Crippen molar-refractivity contribution in [2.45, 2.75) is 20.8 Å². The Morgan fingerprint density at radius 1 is 1.36 bits per heavy atom. The Hall–Kier alpha value is -0.860. The molecule has 0 aromatic heterocycles. The zero-order valence-electron chi connectivity index (χ0n) is 7.55. The van der Waals surface area contributed by atoms with Crippen molar-refractivity contribution in [2.75, 3.05) is 13.6 Å². The summed E-state index contributed by atoms with van der Waals surface area (Å²) in [6, 6.07) is 0. The SMILES string of the molecule is CC(=O)N(C)CC(=O)C(C)C. The van der Waals surface area contributed by atoms with Gasteiger partial charge >= 0.3 is 0 Å². The van der Waals surface area contributed by atoms with Crippen LogP contribution in [0, 0.1) is 5.92 Å². The van der Waals surface area contributed by atoms with Crippen molar-refractivity contribution < 1.29 is 9.59 Å². The molecule has 0 aliphatic heterocycles. The molecule has 0 saturated carbocycles. The number of amides is 1. The Bertz CT molecular complexity index is 163. The van der Waals surface area contributed by atoms with Gasteiger partial charge in [0.05, 0.1) is 6.54 Å². The van der Waals surface area contributed by atoms with E-state index in [4.69, 9.17) is 0 Å². The number of ketones is 1. The third-order valence-electron chi connectivity index (χ3n) is 1.57. The van der Waals surface area contributed by atoms with Gasteiger partial charge in [-0.1, -0.05) is 13.8 Å². The van der Waals surface area contributed by atoms with Crippen molar-refractivity contribution in [1.29, 1.82) is 0 Å². The maximum absolute atomic E-state index is 11.1. The van der Waals surface area contributed by atoms with Crippen LogP contribution in [0.2, 0.25) is 0 Å². The molecule has 0 heterocycles. The lowest BCUT2D eigenvalue weighted by atomic mass is 10.1. The van der Waals surface area contributed by atoms with E-state index in [0.717, 1.165) is 0 Å². The molecule has 0 fully saturated rings. The van der Waals surface area contributed by atoms with Crippen LogP contribution in [0.15, 0.2) is 0 Å². The average molecular weight is 157 g/mol. The van der Waals surface area contributed by atoms with Gasteiger partial charge in [-0.3, -0.25) is 9.59 Å². The number of Topliss-reactive ketones (excluding diaryl/α,β-unsaturated/α-hetero) is 1. The van der Waals surface area contributed by atoms with E-state index in [9.17, 15) is 9.59 Å². The van der Waals surface area contributed by atoms with Crippen molar-refractivity contribution in [2.24, 2.45) is 5.92 Å². The molecule has 0 bridgehead atoms. The van der Waals surface area contributed by atoms with Gasteiger partial charge in [-0.25, -0.2) is 0 Å². The molecule has 3 nitrogen and oxygen atoms in total. The number of hydrogen-bond acceptors (Lipinski definition) is 2. The van der Waals surface area contributed by atoms with Crippen LogP contribution >= 0.6 is 0 Å². The van der Waals surface area contributed by atoms with Gasteiger partial charge in [0.25, 0.3) is 0 Å². The second kappa shape index (κ2) is 4.11. The van der Waals surface area contributed by atoms with Gasteiger partial charge < -0.3 is 4.90 Å². The van der Waals surface area contributed by atoms with Crippen LogP contribution < -0.4 is 0 Å². The Morgan fingerprint density at radius 2 is 1.82 bits per heavy atom. The second-order valence-corrected chi connectivity index (χ2v) is 3.00. The fourth-order valence-corrected chi connectivity index (χ4v) is 0.528. The molecule has 0 radical (unpaired) electrons. The van der Waals surface area contributed by atoms with Gasteiger partial charge in [-0.15, -0.1) is 0 Å². The highest BCUT2D eigenvalue weighted by Gasteiger charge is 2.11. The average Bonchev–Trinajstić information content (AvgIpc) is 1.87. The van der Waals surface area contributed by atoms with Gasteiger partial charge in [-0.05, 0) is 0 Å². The molecule has 0 aromatic carbocycles. The molecule has 0 aliphatic rings. The van der Waals surface area contributed by atoms with E-state index in [1.54, 1.807) is 7.05 Å². The van der Waals surface area contributed by atoms with Crippen LogP contribution in [0.4, 0.5) is 0 Å². The number of hydrogen-bond donors (Lipinski definition) is 0. The molecule has 0 N–H and O–H groups in total. The van der Waals surface area contributed by atoms with E-state index in [0.29, 0.717) is 0 Å². The Kier molecular flexibility index (Phi) is 3.79. The monoisotopic (exact) mass is 157 g/mol. The summed E-state index contributed by atoms with van der Waals surface area (Å²) in [5.74, 6) is 0.0403. The summed E-state index contributed by atoms with van der Waals surface area (Å²) in [6.07, 6.45) is 0. The van der Waals surface area contributed by atoms with Crippen molar-refractivity contribution in [3.05, 3.63) is 0 Å². The third kappa shape index (κ3) is 3.75. The lowest BCUT2D eigenvalue weighted by Gasteiger charge is -2.14. The van der Waals surface area contributed by atoms with Crippen molar-refractivity contribution >= 4 is 11.7 Å². The molecule has 1 amide bonds. The molecular weight excluding hydrogens is 142 g/mol. The van der Waals surface area contributed by atoms with Crippen LogP contribution in [0.25, 0.3) is 0 Å².